The zero-order valence-electron chi connectivity index (χ0n) is 15.2. The van der Waals surface area contributed by atoms with Crippen molar-refractivity contribution in [1.29, 1.82) is 0 Å². The Hall–Kier alpha value is -2.75. The molecule has 1 heterocycles. The van der Waals surface area contributed by atoms with Crippen molar-refractivity contribution < 1.29 is 19.0 Å². The maximum Gasteiger partial charge on any atom is 0.331 e. The molecule has 0 saturated heterocycles. The van der Waals surface area contributed by atoms with Crippen LogP contribution in [0.1, 0.15) is 43.9 Å². The van der Waals surface area contributed by atoms with E-state index >= 15 is 0 Å². The van der Waals surface area contributed by atoms with Crippen LogP contribution >= 0.6 is 0 Å². The van der Waals surface area contributed by atoms with Crippen molar-refractivity contribution >= 4 is 5.97 Å². The van der Waals surface area contributed by atoms with Crippen LogP contribution in [0.3, 0.4) is 0 Å². The second kappa shape index (κ2) is 8.56. The minimum Gasteiger partial charge on any atom is -0.454 e. The molecule has 2 aromatic rings. The van der Waals surface area contributed by atoms with Crippen molar-refractivity contribution in [3.63, 3.8) is 0 Å². The molecule has 1 atom stereocenters. The molecule has 0 radical (unpaired) electrons. The molecule has 0 aromatic heterocycles. The van der Waals surface area contributed by atoms with Crippen molar-refractivity contribution in [3.8, 4) is 11.5 Å². The molecular weight excluding hydrogens is 328 g/mol. The molecule has 0 N–H and O–H groups in total. The molecule has 26 heavy (non-hydrogen) atoms. The van der Waals surface area contributed by atoms with E-state index in [0.29, 0.717) is 5.75 Å². The summed E-state index contributed by atoms with van der Waals surface area (Å²) in [7, 11) is 0. The lowest BCUT2D eigenvalue weighted by molar-refractivity contribution is -0.143. The average Bonchev–Trinajstić information content (AvgIpc) is 3.09. The Kier molecular flexibility index (Phi) is 5.95. The van der Waals surface area contributed by atoms with Crippen LogP contribution in [0.5, 0.6) is 11.5 Å². The summed E-state index contributed by atoms with van der Waals surface area (Å²) in [6.07, 6.45) is 3.83. The number of carbonyl (C=O) groups excluding carboxylic acids is 1. The molecule has 0 amide bonds. The minimum absolute atomic E-state index is 0.231. The molecule has 1 aliphatic heterocycles. The fraction of sp³-hybridized carbons (Fsp3) is 0.318. The van der Waals surface area contributed by atoms with E-state index in [0.717, 1.165) is 36.1 Å². The first-order chi connectivity index (χ1) is 12.6. The number of carbonyl (C=O) groups is 1. The van der Waals surface area contributed by atoms with Gasteiger partial charge in [-0.2, -0.15) is 0 Å². The van der Waals surface area contributed by atoms with Crippen molar-refractivity contribution in [1.82, 2.24) is 0 Å². The predicted molar refractivity (Wildman–Crippen MR) is 100 cm³/mol. The molecule has 0 fully saturated rings. The summed E-state index contributed by atoms with van der Waals surface area (Å²) < 4.78 is 16.6. The average molecular weight is 352 g/mol. The van der Waals surface area contributed by atoms with Gasteiger partial charge in [-0.25, -0.2) is 4.79 Å². The van der Waals surface area contributed by atoms with Gasteiger partial charge in [0, 0.05) is 6.08 Å². The SMILES string of the molecule is CC(C)=CC(=O)OC(CCCc1ccccc1)c1ccc2c(c1)OCO2. The summed E-state index contributed by atoms with van der Waals surface area (Å²) in [5.74, 6) is 1.12. The smallest absolute Gasteiger partial charge is 0.331 e. The van der Waals surface area contributed by atoms with Crippen LogP contribution in [0.15, 0.2) is 60.2 Å². The summed E-state index contributed by atoms with van der Waals surface area (Å²) in [6.45, 7) is 3.99. The van der Waals surface area contributed by atoms with Gasteiger partial charge in [-0.3, -0.25) is 0 Å². The van der Waals surface area contributed by atoms with E-state index in [9.17, 15) is 4.79 Å². The number of allylic oxidation sites excluding steroid dienone is 1. The molecule has 1 unspecified atom stereocenters. The van der Waals surface area contributed by atoms with Gasteiger partial charge >= 0.3 is 5.97 Å². The molecular formula is C22H24O4. The topological polar surface area (TPSA) is 44.8 Å². The second-order valence-corrected chi connectivity index (χ2v) is 6.64. The Labute approximate surface area is 154 Å². The van der Waals surface area contributed by atoms with E-state index < -0.39 is 0 Å². The highest BCUT2D eigenvalue weighted by Crippen LogP contribution is 2.36. The van der Waals surface area contributed by atoms with E-state index in [1.807, 2.05) is 50.2 Å². The van der Waals surface area contributed by atoms with Gasteiger partial charge in [0.05, 0.1) is 0 Å². The maximum atomic E-state index is 12.1. The number of hydrogen-bond acceptors (Lipinski definition) is 4. The van der Waals surface area contributed by atoms with Crippen LogP contribution in [-0.4, -0.2) is 12.8 Å². The molecule has 136 valence electrons. The largest absolute Gasteiger partial charge is 0.454 e. The zero-order chi connectivity index (χ0) is 18.4. The van der Waals surface area contributed by atoms with E-state index in [2.05, 4.69) is 12.1 Å². The van der Waals surface area contributed by atoms with Gasteiger partial charge in [-0.1, -0.05) is 42.0 Å². The summed E-state index contributed by atoms with van der Waals surface area (Å²) in [6, 6.07) is 16.0. The summed E-state index contributed by atoms with van der Waals surface area (Å²) in [4.78, 5) is 12.1. The van der Waals surface area contributed by atoms with Gasteiger partial charge in [0.15, 0.2) is 11.5 Å². The molecule has 4 heteroatoms. The Morgan fingerprint density at radius 3 is 2.65 bits per heavy atom. The van der Waals surface area contributed by atoms with Gasteiger partial charge in [0.1, 0.15) is 6.10 Å². The van der Waals surface area contributed by atoms with Gasteiger partial charge in [0.25, 0.3) is 0 Å². The third-order valence-electron chi connectivity index (χ3n) is 4.21. The lowest BCUT2D eigenvalue weighted by atomic mass is 10.0. The van der Waals surface area contributed by atoms with E-state index in [1.54, 1.807) is 0 Å². The second-order valence-electron chi connectivity index (χ2n) is 6.64. The first kappa shape index (κ1) is 18.1. The highest BCUT2D eigenvalue weighted by Gasteiger charge is 2.20. The number of esters is 1. The van der Waals surface area contributed by atoms with Crippen LogP contribution in [0.4, 0.5) is 0 Å². The molecule has 4 nitrogen and oxygen atoms in total. The summed E-state index contributed by atoms with van der Waals surface area (Å²) >= 11 is 0. The number of benzene rings is 2. The molecule has 0 aliphatic carbocycles. The normalized spacial score (nSPS) is 13.2. The Balaban J connectivity index is 1.70. The van der Waals surface area contributed by atoms with Gasteiger partial charge < -0.3 is 14.2 Å². The van der Waals surface area contributed by atoms with Crippen molar-refractivity contribution in [2.45, 2.75) is 39.2 Å². The van der Waals surface area contributed by atoms with E-state index in [1.165, 1.54) is 11.6 Å². The number of ether oxygens (including phenoxy) is 3. The zero-order valence-corrected chi connectivity index (χ0v) is 15.2. The third-order valence-corrected chi connectivity index (χ3v) is 4.21. The number of hydrogen-bond donors (Lipinski definition) is 0. The summed E-state index contributed by atoms with van der Waals surface area (Å²) in [5.41, 5.74) is 3.13. The maximum absolute atomic E-state index is 12.1. The number of fused-ring (bicyclic) bond motifs is 1. The van der Waals surface area contributed by atoms with Gasteiger partial charge in [-0.15, -0.1) is 0 Å². The standard InChI is InChI=1S/C22H24O4/c1-16(2)13-22(23)26-19(10-6-9-17-7-4-3-5-8-17)18-11-12-20-21(14-18)25-15-24-20/h3-5,7-8,11-14,19H,6,9-10,15H2,1-2H3. The molecule has 3 rings (SSSR count). The van der Waals surface area contributed by atoms with Crippen molar-refractivity contribution in [3.05, 3.63) is 71.3 Å². The predicted octanol–water partition coefficient (Wildman–Crippen LogP) is 4.99. The van der Waals surface area contributed by atoms with Crippen LogP contribution in [0.25, 0.3) is 0 Å². The Bertz CT molecular complexity index is 776. The minimum atomic E-state index is -0.313. The van der Waals surface area contributed by atoms with Gasteiger partial charge in [-0.05, 0) is 56.4 Å². The Morgan fingerprint density at radius 1 is 1.12 bits per heavy atom. The van der Waals surface area contributed by atoms with E-state index in [-0.39, 0.29) is 18.9 Å². The highest BCUT2D eigenvalue weighted by molar-refractivity contribution is 5.82. The molecule has 0 spiro atoms. The fourth-order valence-electron chi connectivity index (χ4n) is 2.95. The fourth-order valence-corrected chi connectivity index (χ4v) is 2.95. The third kappa shape index (κ3) is 4.88. The monoisotopic (exact) mass is 352 g/mol. The highest BCUT2D eigenvalue weighted by atomic mass is 16.7. The molecule has 0 saturated carbocycles. The van der Waals surface area contributed by atoms with Crippen molar-refractivity contribution in [2.24, 2.45) is 0 Å². The van der Waals surface area contributed by atoms with Gasteiger partial charge in [0.2, 0.25) is 6.79 Å². The molecule has 2 aromatic carbocycles. The lowest BCUT2D eigenvalue weighted by Crippen LogP contribution is -2.10. The van der Waals surface area contributed by atoms with Crippen LogP contribution < -0.4 is 9.47 Å². The lowest BCUT2D eigenvalue weighted by Gasteiger charge is -2.18. The van der Waals surface area contributed by atoms with Crippen LogP contribution in [-0.2, 0) is 16.0 Å². The quantitative estimate of drug-likeness (QED) is 0.520. The number of rotatable bonds is 7. The van der Waals surface area contributed by atoms with E-state index in [4.69, 9.17) is 14.2 Å². The molecule has 1 aliphatic rings. The van der Waals surface area contributed by atoms with Crippen LogP contribution in [0, 0.1) is 0 Å². The summed E-state index contributed by atoms with van der Waals surface area (Å²) in [5, 5.41) is 0. The number of aryl methyl sites for hydroxylation is 1. The van der Waals surface area contributed by atoms with Crippen LogP contribution in [0.2, 0.25) is 0 Å². The first-order valence-electron chi connectivity index (χ1n) is 8.91. The molecule has 0 bridgehead atoms. The Morgan fingerprint density at radius 2 is 1.88 bits per heavy atom. The first-order valence-corrected chi connectivity index (χ1v) is 8.91. The van der Waals surface area contributed by atoms with Crippen molar-refractivity contribution in [2.75, 3.05) is 6.79 Å².